The van der Waals surface area contributed by atoms with Crippen molar-refractivity contribution in [1.82, 2.24) is 0 Å². The van der Waals surface area contributed by atoms with Crippen molar-refractivity contribution in [3.63, 3.8) is 0 Å². The van der Waals surface area contributed by atoms with Gasteiger partial charge in [-0.2, -0.15) is 0 Å². The lowest BCUT2D eigenvalue weighted by Crippen LogP contribution is -2.29. The summed E-state index contributed by atoms with van der Waals surface area (Å²) in [6, 6.07) is 14.8. The van der Waals surface area contributed by atoms with Gasteiger partial charge in [0, 0.05) is 11.3 Å². The first-order valence-corrected chi connectivity index (χ1v) is 10.9. The number of hydrogen-bond acceptors (Lipinski definition) is 4. The smallest absolute Gasteiger partial charge is 0.300 e. The fourth-order valence-corrected chi connectivity index (χ4v) is 4.52. The molecule has 0 aliphatic carbocycles. The molecule has 1 saturated heterocycles. The van der Waals surface area contributed by atoms with Crippen LogP contribution in [0.15, 0.2) is 60.2 Å². The number of carbonyl (C=O) groups excluding carboxylic acids is 2. The largest absolute Gasteiger partial charge is 0.507 e. The molecule has 1 aliphatic rings. The highest BCUT2D eigenvalue weighted by Gasteiger charge is 2.47. The Hall–Kier alpha value is -3.57. The monoisotopic (exact) mass is 461 g/mol. The summed E-state index contributed by atoms with van der Waals surface area (Å²) in [7, 11) is 0. The number of aromatic hydroxyl groups is 1. The highest BCUT2D eigenvalue weighted by atomic mass is 35.5. The van der Waals surface area contributed by atoms with Crippen LogP contribution in [0.3, 0.4) is 0 Å². The van der Waals surface area contributed by atoms with Crippen LogP contribution in [0.5, 0.6) is 5.75 Å². The summed E-state index contributed by atoms with van der Waals surface area (Å²) in [6.45, 7) is 7.55. The summed E-state index contributed by atoms with van der Waals surface area (Å²) in [5, 5.41) is 21.4. The van der Waals surface area contributed by atoms with Crippen LogP contribution in [0.4, 0.5) is 5.69 Å². The first-order valence-electron chi connectivity index (χ1n) is 10.5. The molecule has 168 valence electrons. The van der Waals surface area contributed by atoms with Gasteiger partial charge in [0.15, 0.2) is 0 Å². The van der Waals surface area contributed by atoms with Crippen molar-refractivity contribution in [3.05, 3.63) is 98.6 Å². The minimum absolute atomic E-state index is 0.0189. The molecule has 6 heteroatoms. The number of Topliss-reactive ketones (excluding diaryl/α,β-unsaturated/α-hetero) is 1. The molecule has 1 atom stereocenters. The normalized spacial score (nSPS) is 17.6. The minimum Gasteiger partial charge on any atom is -0.507 e. The number of carbonyl (C=O) groups is 2. The van der Waals surface area contributed by atoms with E-state index in [1.165, 1.54) is 17.0 Å². The van der Waals surface area contributed by atoms with Crippen molar-refractivity contribution in [3.8, 4) is 5.75 Å². The predicted molar refractivity (Wildman–Crippen MR) is 130 cm³/mol. The first-order chi connectivity index (χ1) is 15.6. The molecule has 0 bridgehead atoms. The lowest BCUT2D eigenvalue weighted by molar-refractivity contribution is -0.132. The molecule has 1 amide bonds. The van der Waals surface area contributed by atoms with Crippen molar-refractivity contribution in [2.45, 2.75) is 33.7 Å². The van der Waals surface area contributed by atoms with Crippen LogP contribution in [-0.4, -0.2) is 21.9 Å². The number of aliphatic hydroxyl groups is 1. The zero-order valence-corrected chi connectivity index (χ0v) is 19.6. The third-order valence-electron chi connectivity index (χ3n) is 5.86. The Kier molecular flexibility index (Phi) is 5.76. The van der Waals surface area contributed by atoms with Gasteiger partial charge in [-0.15, -0.1) is 0 Å². The molecular formula is C27H24ClNO4. The second-order valence-electron chi connectivity index (χ2n) is 8.54. The zero-order chi connectivity index (χ0) is 24.0. The molecule has 0 spiro atoms. The maximum Gasteiger partial charge on any atom is 0.300 e. The van der Waals surface area contributed by atoms with Gasteiger partial charge in [0.1, 0.15) is 11.5 Å². The highest BCUT2D eigenvalue weighted by Crippen LogP contribution is 2.44. The summed E-state index contributed by atoms with van der Waals surface area (Å²) in [4.78, 5) is 28.0. The molecule has 2 N–H and O–H groups in total. The average Bonchev–Trinajstić information content (AvgIpc) is 3.01. The predicted octanol–water partition coefficient (Wildman–Crippen LogP) is 5.91. The molecule has 3 aromatic rings. The number of benzene rings is 3. The number of aliphatic hydroxyl groups excluding tert-OH is 1. The maximum absolute atomic E-state index is 13.3. The van der Waals surface area contributed by atoms with Gasteiger partial charge in [0.05, 0.1) is 16.6 Å². The van der Waals surface area contributed by atoms with Crippen molar-refractivity contribution in [2.24, 2.45) is 0 Å². The number of hydrogen-bond donors (Lipinski definition) is 2. The van der Waals surface area contributed by atoms with Gasteiger partial charge in [-0.1, -0.05) is 41.4 Å². The number of ketones is 1. The number of anilines is 1. The summed E-state index contributed by atoms with van der Waals surface area (Å²) >= 11 is 6.18. The Morgan fingerprint density at radius 2 is 1.55 bits per heavy atom. The van der Waals surface area contributed by atoms with Gasteiger partial charge in [-0.3, -0.25) is 14.5 Å². The van der Waals surface area contributed by atoms with Gasteiger partial charge in [-0.05, 0) is 80.3 Å². The van der Waals surface area contributed by atoms with E-state index in [1.54, 1.807) is 12.1 Å². The number of phenolic OH excluding ortho intramolecular Hbond substituents is 1. The number of amides is 1. The number of aryl methyl sites for hydroxylation is 4. The van der Waals surface area contributed by atoms with Gasteiger partial charge in [0.25, 0.3) is 11.7 Å². The van der Waals surface area contributed by atoms with Crippen LogP contribution in [0.25, 0.3) is 5.76 Å². The SMILES string of the molecule is Cc1cc(C)cc(N2C(=O)C(=O)/C(=C(/O)c3cc(C)ccc3C)C2c2ccc(O)c(Cl)c2)c1. The topological polar surface area (TPSA) is 77.8 Å². The third-order valence-corrected chi connectivity index (χ3v) is 6.17. The summed E-state index contributed by atoms with van der Waals surface area (Å²) in [6.07, 6.45) is 0. The quantitative estimate of drug-likeness (QED) is 0.289. The second-order valence-corrected chi connectivity index (χ2v) is 8.95. The van der Waals surface area contributed by atoms with E-state index in [0.717, 1.165) is 22.3 Å². The van der Waals surface area contributed by atoms with Crippen LogP contribution >= 0.6 is 11.6 Å². The van der Waals surface area contributed by atoms with E-state index < -0.39 is 17.7 Å². The molecule has 33 heavy (non-hydrogen) atoms. The fourth-order valence-electron chi connectivity index (χ4n) is 4.33. The van der Waals surface area contributed by atoms with Crippen LogP contribution in [0.1, 0.15) is 39.4 Å². The molecule has 4 rings (SSSR count). The summed E-state index contributed by atoms with van der Waals surface area (Å²) in [5.41, 5.74) is 5.07. The average molecular weight is 462 g/mol. The lowest BCUT2D eigenvalue weighted by atomic mass is 9.93. The van der Waals surface area contributed by atoms with E-state index >= 15 is 0 Å². The summed E-state index contributed by atoms with van der Waals surface area (Å²) in [5.74, 6) is -1.86. The number of rotatable bonds is 3. The molecule has 5 nitrogen and oxygen atoms in total. The Morgan fingerprint density at radius 1 is 0.879 bits per heavy atom. The Labute approximate surface area is 197 Å². The molecular weight excluding hydrogens is 438 g/mol. The number of phenols is 1. The van der Waals surface area contributed by atoms with E-state index in [9.17, 15) is 19.8 Å². The maximum atomic E-state index is 13.3. The van der Waals surface area contributed by atoms with Gasteiger partial charge >= 0.3 is 0 Å². The third kappa shape index (κ3) is 4.00. The van der Waals surface area contributed by atoms with E-state index in [0.29, 0.717) is 16.8 Å². The molecule has 1 heterocycles. The van der Waals surface area contributed by atoms with E-state index in [2.05, 4.69) is 0 Å². The van der Waals surface area contributed by atoms with Crippen molar-refractivity contribution in [2.75, 3.05) is 4.90 Å². The van der Waals surface area contributed by atoms with Crippen LogP contribution in [-0.2, 0) is 9.59 Å². The standard InChI is InChI=1S/C27H24ClNO4/c1-14-5-6-17(4)20(12-14)25(31)23-24(18-7-8-22(30)21(28)13-18)29(27(33)26(23)32)19-10-15(2)9-16(3)11-19/h5-13,24,30-31H,1-4H3/b25-23+. The van der Waals surface area contributed by atoms with Crippen LogP contribution in [0, 0.1) is 27.7 Å². The zero-order valence-electron chi connectivity index (χ0n) is 18.8. The van der Waals surface area contributed by atoms with E-state index in [-0.39, 0.29) is 22.1 Å². The molecule has 1 unspecified atom stereocenters. The molecule has 0 radical (unpaired) electrons. The minimum atomic E-state index is -0.913. The molecule has 3 aromatic carbocycles. The second kappa shape index (κ2) is 8.41. The van der Waals surface area contributed by atoms with Crippen LogP contribution in [0.2, 0.25) is 5.02 Å². The van der Waals surface area contributed by atoms with Gasteiger partial charge in [0.2, 0.25) is 0 Å². The molecule has 0 aromatic heterocycles. The Bertz CT molecular complexity index is 1320. The van der Waals surface area contributed by atoms with E-state index in [1.807, 2.05) is 58.0 Å². The molecule has 1 aliphatic heterocycles. The van der Waals surface area contributed by atoms with Crippen molar-refractivity contribution < 1.29 is 19.8 Å². The lowest BCUT2D eigenvalue weighted by Gasteiger charge is -2.26. The fraction of sp³-hybridized carbons (Fsp3) is 0.185. The van der Waals surface area contributed by atoms with Gasteiger partial charge in [-0.25, -0.2) is 0 Å². The first kappa shape index (κ1) is 22.6. The Balaban J connectivity index is 2.02. The van der Waals surface area contributed by atoms with Gasteiger partial charge < -0.3 is 10.2 Å². The van der Waals surface area contributed by atoms with Crippen molar-refractivity contribution in [1.29, 1.82) is 0 Å². The van der Waals surface area contributed by atoms with Crippen LogP contribution < -0.4 is 4.90 Å². The Morgan fingerprint density at radius 3 is 2.18 bits per heavy atom. The highest BCUT2D eigenvalue weighted by molar-refractivity contribution is 6.51. The van der Waals surface area contributed by atoms with E-state index in [4.69, 9.17) is 11.6 Å². The number of nitrogens with zero attached hydrogens (tertiary/aromatic N) is 1. The van der Waals surface area contributed by atoms with Crippen molar-refractivity contribution >= 4 is 34.7 Å². The molecule has 1 fully saturated rings. The summed E-state index contributed by atoms with van der Waals surface area (Å²) < 4.78 is 0. The molecule has 0 saturated carbocycles. The number of halogens is 1.